The van der Waals surface area contributed by atoms with Crippen LogP contribution in [0.3, 0.4) is 0 Å². The van der Waals surface area contributed by atoms with Crippen molar-refractivity contribution >= 4 is 29.2 Å². The summed E-state index contributed by atoms with van der Waals surface area (Å²) in [4.78, 5) is 17.4. The maximum Gasteiger partial charge on any atom is 0.341 e. The van der Waals surface area contributed by atoms with E-state index in [1.807, 2.05) is 12.1 Å². The number of carbonyl (C=O) groups is 1. The minimum absolute atomic E-state index is 0.0396. The predicted molar refractivity (Wildman–Crippen MR) is 140 cm³/mol. The van der Waals surface area contributed by atoms with Crippen LogP contribution in [0.4, 0.5) is 4.39 Å². The first kappa shape index (κ1) is 26.4. The zero-order valence-corrected chi connectivity index (χ0v) is 22.7. The first-order chi connectivity index (χ1) is 16.4. The summed E-state index contributed by atoms with van der Waals surface area (Å²) in [6.45, 7) is 13.1. The van der Waals surface area contributed by atoms with E-state index in [-0.39, 0.29) is 11.6 Å². The van der Waals surface area contributed by atoms with Crippen LogP contribution in [0, 0.1) is 5.82 Å². The molecule has 190 valence electrons. The van der Waals surface area contributed by atoms with Crippen LogP contribution in [-0.4, -0.2) is 47.0 Å². The molecule has 2 aliphatic rings. The van der Waals surface area contributed by atoms with Gasteiger partial charge >= 0.3 is 5.97 Å². The van der Waals surface area contributed by atoms with Gasteiger partial charge in [0, 0.05) is 48.3 Å². The summed E-state index contributed by atoms with van der Waals surface area (Å²) in [5.41, 5.74) is 2.55. The Labute approximate surface area is 218 Å². The Hall–Kier alpha value is -1.66. The second-order valence-corrected chi connectivity index (χ2v) is 11.9. The van der Waals surface area contributed by atoms with Gasteiger partial charge in [0.25, 0.3) is 0 Å². The minimum Gasteiger partial charge on any atom is -0.456 e. The summed E-state index contributed by atoms with van der Waals surface area (Å²) >= 11 is 12.5. The molecule has 1 aliphatic carbocycles. The van der Waals surface area contributed by atoms with E-state index in [9.17, 15) is 4.79 Å². The molecule has 1 aliphatic heterocycles. The number of nitrogens with zero attached hydrogens (tertiary/aromatic N) is 2. The van der Waals surface area contributed by atoms with Crippen LogP contribution in [0.25, 0.3) is 0 Å². The van der Waals surface area contributed by atoms with E-state index in [0.717, 1.165) is 49.2 Å². The van der Waals surface area contributed by atoms with Gasteiger partial charge in [-0.15, -0.1) is 0 Å². The maximum absolute atomic E-state index is 15.0. The van der Waals surface area contributed by atoms with Gasteiger partial charge in [0.1, 0.15) is 11.4 Å². The normalized spacial score (nSPS) is 20.6. The topological polar surface area (TPSA) is 32.8 Å². The molecule has 0 N–H and O–H groups in total. The summed E-state index contributed by atoms with van der Waals surface area (Å²) in [5, 5.41) is 1.30. The Kier molecular flexibility index (Phi) is 7.82. The van der Waals surface area contributed by atoms with E-state index in [2.05, 4.69) is 23.6 Å². The second kappa shape index (κ2) is 10.4. The molecule has 2 fully saturated rings. The Morgan fingerprint density at radius 1 is 1.11 bits per heavy atom. The summed E-state index contributed by atoms with van der Waals surface area (Å²) < 4.78 is 20.5. The van der Waals surface area contributed by atoms with Crippen molar-refractivity contribution in [1.29, 1.82) is 0 Å². The summed E-state index contributed by atoms with van der Waals surface area (Å²) in [6, 6.07) is 9.51. The molecule has 0 amide bonds. The van der Waals surface area contributed by atoms with Gasteiger partial charge in [0.05, 0.1) is 5.56 Å². The van der Waals surface area contributed by atoms with E-state index in [0.29, 0.717) is 28.5 Å². The highest BCUT2D eigenvalue weighted by atomic mass is 35.5. The number of carbonyl (C=O) groups excluding carboxylic acids is 1. The van der Waals surface area contributed by atoms with Gasteiger partial charge < -0.3 is 4.74 Å². The average Bonchev–Trinajstić information content (AvgIpc) is 3.57. The summed E-state index contributed by atoms with van der Waals surface area (Å²) in [7, 11) is 0. The lowest BCUT2D eigenvalue weighted by molar-refractivity contribution is 0.00645. The highest BCUT2D eigenvalue weighted by Gasteiger charge is 2.32. The number of hydrogen-bond donors (Lipinski definition) is 0. The Balaban J connectivity index is 1.47. The molecule has 4 rings (SSSR count). The number of rotatable bonds is 6. The van der Waals surface area contributed by atoms with Gasteiger partial charge in [0.2, 0.25) is 0 Å². The fourth-order valence-electron chi connectivity index (χ4n) is 5.05. The molecule has 1 unspecified atom stereocenters. The van der Waals surface area contributed by atoms with Crippen LogP contribution in [0.1, 0.15) is 86.5 Å². The van der Waals surface area contributed by atoms with Crippen molar-refractivity contribution in [3.63, 3.8) is 0 Å². The SMILES string of the molecule is CC1CN(Cc2cc(F)c(C(=O)OC(C)(C)C)cc2C2CC2)CCN1[C@H](C)c1cc(Cl)cc(Cl)c1. The fourth-order valence-corrected chi connectivity index (χ4v) is 5.59. The van der Waals surface area contributed by atoms with Gasteiger partial charge in [-0.2, -0.15) is 0 Å². The number of benzene rings is 2. The van der Waals surface area contributed by atoms with Crippen LogP contribution in [0.5, 0.6) is 0 Å². The molecule has 35 heavy (non-hydrogen) atoms. The average molecular weight is 522 g/mol. The summed E-state index contributed by atoms with van der Waals surface area (Å²) in [5.74, 6) is -0.698. The molecule has 1 saturated carbocycles. The quantitative estimate of drug-likeness (QED) is 0.376. The van der Waals surface area contributed by atoms with Crippen LogP contribution >= 0.6 is 23.2 Å². The van der Waals surface area contributed by atoms with E-state index in [4.69, 9.17) is 27.9 Å². The van der Waals surface area contributed by atoms with Gasteiger partial charge in [-0.1, -0.05) is 23.2 Å². The minimum atomic E-state index is -0.661. The van der Waals surface area contributed by atoms with E-state index < -0.39 is 17.4 Å². The monoisotopic (exact) mass is 520 g/mol. The third kappa shape index (κ3) is 6.56. The molecular formula is C28H35Cl2FN2O2. The smallest absolute Gasteiger partial charge is 0.341 e. The van der Waals surface area contributed by atoms with Crippen LogP contribution < -0.4 is 0 Å². The van der Waals surface area contributed by atoms with Crippen molar-refractivity contribution < 1.29 is 13.9 Å². The molecule has 0 bridgehead atoms. The predicted octanol–water partition coefficient (Wildman–Crippen LogP) is 7.23. The number of ether oxygens (including phenoxy) is 1. The molecule has 1 heterocycles. The lowest BCUT2D eigenvalue weighted by atomic mass is 9.98. The molecule has 7 heteroatoms. The highest BCUT2D eigenvalue weighted by molar-refractivity contribution is 6.34. The van der Waals surface area contributed by atoms with Gasteiger partial charge in [-0.05, 0) is 100 Å². The van der Waals surface area contributed by atoms with Crippen molar-refractivity contribution in [2.24, 2.45) is 0 Å². The molecule has 2 aromatic carbocycles. The van der Waals surface area contributed by atoms with Crippen molar-refractivity contribution in [3.8, 4) is 0 Å². The molecule has 1 saturated heterocycles. The van der Waals surface area contributed by atoms with Gasteiger partial charge in [0.15, 0.2) is 0 Å². The first-order valence-corrected chi connectivity index (χ1v) is 13.2. The van der Waals surface area contributed by atoms with Crippen molar-refractivity contribution in [3.05, 3.63) is 68.4 Å². The Morgan fingerprint density at radius 3 is 2.34 bits per heavy atom. The number of piperazine rings is 1. The van der Waals surface area contributed by atoms with Crippen LogP contribution in [0.15, 0.2) is 30.3 Å². The molecule has 0 aromatic heterocycles. The van der Waals surface area contributed by atoms with E-state index in [1.54, 1.807) is 39.0 Å². The highest BCUT2D eigenvalue weighted by Crippen LogP contribution is 2.43. The first-order valence-electron chi connectivity index (χ1n) is 12.4. The second-order valence-electron chi connectivity index (χ2n) is 11.0. The molecule has 2 aromatic rings. The lowest BCUT2D eigenvalue weighted by Crippen LogP contribution is -2.52. The fraction of sp³-hybridized carbons (Fsp3) is 0.536. The Bertz CT molecular complexity index is 1080. The van der Waals surface area contributed by atoms with Crippen LogP contribution in [-0.2, 0) is 11.3 Å². The molecule has 0 radical (unpaired) electrons. The molecule has 2 atom stereocenters. The van der Waals surface area contributed by atoms with Crippen molar-refractivity contribution in [2.75, 3.05) is 19.6 Å². The van der Waals surface area contributed by atoms with Gasteiger partial charge in [-0.25, -0.2) is 9.18 Å². The largest absolute Gasteiger partial charge is 0.456 e. The third-order valence-electron chi connectivity index (χ3n) is 6.89. The molecule has 0 spiro atoms. The third-order valence-corrected chi connectivity index (χ3v) is 7.32. The number of halogens is 3. The Morgan fingerprint density at radius 2 is 1.77 bits per heavy atom. The van der Waals surface area contributed by atoms with Gasteiger partial charge in [-0.3, -0.25) is 9.80 Å². The number of esters is 1. The lowest BCUT2D eigenvalue weighted by Gasteiger charge is -2.43. The number of hydrogen-bond acceptors (Lipinski definition) is 4. The van der Waals surface area contributed by atoms with E-state index >= 15 is 4.39 Å². The zero-order valence-electron chi connectivity index (χ0n) is 21.2. The zero-order chi connectivity index (χ0) is 25.5. The van der Waals surface area contributed by atoms with E-state index in [1.165, 1.54) is 0 Å². The maximum atomic E-state index is 15.0. The van der Waals surface area contributed by atoms with Crippen molar-refractivity contribution in [1.82, 2.24) is 9.80 Å². The molecule has 4 nitrogen and oxygen atoms in total. The standard InChI is InChI=1S/C28H35Cl2FN2O2/c1-17-15-32(8-9-33(17)18(2)20-10-22(29)13-23(30)11-20)16-21-12-26(31)25(14-24(21)19-6-7-19)27(34)35-28(3,4)5/h10-14,17-19H,6-9,15-16H2,1-5H3/t17?,18-/m1/s1. The van der Waals surface area contributed by atoms with Crippen molar-refractivity contribution in [2.45, 2.75) is 77.6 Å². The van der Waals surface area contributed by atoms with Crippen LogP contribution in [0.2, 0.25) is 10.0 Å². The molecular weight excluding hydrogens is 486 g/mol. The summed E-state index contributed by atoms with van der Waals surface area (Å²) in [6.07, 6.45) is 2.16.